The van der Waals surface area contributed by atoms with Crippen LogP contribution in [0.5, 0.6) is 0 Å². The van der Waals surface area contributed by atoms with Gasteiger partial charge in [-0.3, -0.25) is 9.69 Å². The maximum Gasteiger partial charge on any atom is 0.241 e. The maximum absolute atomic E-state index is 11.9. The normalized spacial score (nSPS) is 29.7. The molecule has 1 aliphatic heterocycles. The molecule has 1 N–H and O–H groups in total. The molecule has 0 aliphatic carbocycles. The van der Waals surface area contributed by atoms with Gasteiger partial charge in [0.2, 0.25) is 5.91 Å². The number of amides is 1. The van der Waals surface area contributed by atoms with Gasteiger partial charge >= 0.3 is 0 Å². The molecule has 0 bridgehead atoms. The maximum atomic E-state index is 11.9. The Labute approximate surface area is 86.2 Å². The first-order valence-corrected chi connectivity index (χ1v) is 5.27. The topological polar surface area (TPSA) is 35.6 Å². The second kappa shape index (κ2) is 4.75. The van der Waals surface area contributed by atoms with Crippen molar-refractivity contribution in [3.63, 3.8) is 0 Å². The highest BCUT2D eigenvalue weighted by atomic mass is 16.2. The molecule has 1 fully saturated rings. The third-order valence-corrected chi connectivity index (χ3v) is 3.04. The Morgan fingerprint density at radius 1 is 1.57 bits per heavy atom. The quantitative estimate of drug-likeness (QED) is 0.681. The van der Waals surface area contributed by atoms with Crippen molar-refractivity contribution >= 4 is 5.91 Å². The monoisotopic (exact) mass is 199 g/mol. The summed E-state index contributed by atoms with van der Waals surface area (Å²) < 4.78 is 0. The highest BCUT2D eigenvalue weighted by molar-refractivity contribution is 5.83. The fourth-order valence-electron chi connectivity index (χ4n) is 1.96. The van der Waals surface area contributed by atoms with Gasteiger partial charge in [-0.15, -0.1) is 0 Å². The molecule has 2 atom stereocenters. The molecule has 1 aliphatic rings. The molecule has 0 aromatic rings. The molecule has 82 valence electrons. The van der Waals surface area contributed by atoms with Crippen LogP contribution in [-0.2, 0) is 4.79 Å². The standard InChI is InChI=1S/C10H21N3O/c1-5-13-7-8(2)12(4)10(14)9(13)6-11-3/h8-9,11H,5-7H2,1-4H3. The van der Waals surface area contributed by atoms with E-state index in [9.17, 15) is 4.79 Å². The van der Waals surface area contributed by atoms with Crippen molar-refractivity contribution in [1.29, 1.82) is 0 Å². The van der Waals surface area contributed by atoms with Crippen LogP contribution in [0.25, 0.3) is 0 Å². The van der Waals surface area contributed by atoms with Gasteiger partial charge in [0.05, 0.1) is 0 Å². The van der Waals surface area contributed by atoms with Gasteiger partial charge in [0.15, 0.2) is 0 Å². The summed E-state index contributed by atoms with van der Waals surface area (Å²) in [7, 11) is 3.78. The zero-order chi connectivity index (χ0) is 10.7. The van der Waals surface area contributed by atoms with Crippen molar-refractivity contribution in [2.75, 3.05) is 33.7 Å². The van der Waals surface area contributed by atoms with Crippen LogP contribution in [0.1, 0.15) is 13.8 Å². The number of carbonyl (C=O) groups is 1. The third-order valence-electron chi connectivity index (χ3n) is 3.04. The predicted molar refractivity (Wildman–Crippen MR) is 57.2 cm³/mol. The third kappa shape index (κ3) is 2.07. The van der Waals surface area contributed by atoms with Crippen molar-refractivity contribution in [2.45, 2.75) is 25.9 Å². The molecule has 0 aromatic carbocycles. The van der Waals surface area contributed by atoms with E-state index in [4.69, 9.17) is 0 Å². The van der Waals surface area contributed by atoms with Crippen LogP contribution in [0.3, 0.4) is 0 Å². The first-order chi connectivity index (χ1) is 6.61. The van der Waals surface area contributed by atoms with Crippen molar-refractivity contribution in [1.82, 2.24) is 15.1 Å². The van der Waals surface area contributed by atoms with E-state index in [0.29, 0.717) is 6.04 Å². The average Bonchev–Trinajstić information content (AvgIpc) is 2.19. The number of piperazine rings is 1. The summed E-state index contributed by atoms with van der Waals surface area (Å²) in [6.45, 7) is 6.86. The lowest BCUT2D eigenvalue weighted by molar-refractivity contribution is -0.143. The van der Waals surface area contributed by atoms with Crippen molar-refractivity contribution < 1.29 is 4.79 Å². The van der Waals surface area contributed by atoms with Crippen LogP contribution >= 0.6 is 0 Å². The number of nitrogens with one attached hydrogen (secondary N) is 1. The fourth-order valence-corrected chi connectivity index (χ4v) is 1.96. The van der Waals surface area contributed by atoms with E-state index in [0.717, 1.165) is 19.6 Å². The van der Waals surface area contributed by atoms with E-state index in [1.54, 1.807) is 0 Å². The number of hydrogen-bond donors (Lipinski definition) is 1. The summed E-state index contributed by atoms with van der Waals surface area (Å²) in [5, 5.41) is 3.08. The zero-order valence-corrected chi connectivity index (χ0v) is 9.58. The summed E-state index contributed by atoms with van der Waals surface area (Å²) in [5.41, 5.74) is 0. The molecule has 0 spiro atoms. The Kier molecular flexibility index (Phi) is 3.89. The lowest BCUT2D eigenvalue weighted by atomic mass is 10.1. The molecular formula is C10H21N3O. The highest BCUT2D eigenvalue weighted by Gasteiger charge is 2.34. The van der Waals surface area contributed by atoms with Gasteiger partial charge in [0.25, 0.3) is 0 Å². The zero-order valence-electron chi connectivity index (χ0n) is 9.58. The van der Waals surface area contributed by atoms with E-state index in [-0.39, 0.29) is 11.9 Å². The molecule has 0 aromatic heterocycles. The van der Waals surface area contributed by atoms with Crippen molar-refractivity contribution in [3.05, 3.63) is 0 Å². The second-order valence-electron chi connectivity index (χ2n) is 3.96. The Bertz CT molecular complexity index is 208. The Hall–Kier alpha value is -0.610. The predicted octanol–water partition coefficient (Wildman–Crippen LogP) is -0.243. The van der Waals surface area contributed by atoms with Crippen LogP contribution < -0.4 is 5.32 Å². The van der Waals surface area contributed by atoms with Gasteiger partial charge < -0.3 is 10.2 Å². The largest absolute Gasteiger partial charge is 0.340 e. The Morgan fingerprint density at radius 3 is 2.71 bits per heavy atom. The van der Waals surface area contributed by atoms with Gasteiger partial charge in [0, 0.05) is 26.2 Å². The Morgan fingerprint density at radius 2 is 2.21 bits per heavy atom. The van der Waals surface area contributed by atoms with E-state index >= 15 is 0 Å². The van der Waals surface area contributed by atoms with Crippen LogP contribution in [0.2, 0.25) is 0 Å². The molecule has 14 heavy (non-hydrogen) atoms. The number of hydrogen-bond acceptors (Lipinski definition) is 3. The summed E-state index contributed by atoms with van der Waals surface area (Å²) in [6, 6.07) is 0.349. The Balaban J connectivity index is 2.72. The number of likely N-dealkylation sites (N-methyl/N-ethyl adjacent to an activating group) is 3. The van der Waals surface area contributed by atoms with Gasteiger partial charge in [-0.2, -0.15) is 0 Å². The van der Waals surface area contributed by atoms with Crippen LogP contribution in [0.4, 0.5) is 0 Å². The minimum absolute atomic E-state index is 0.0196. The first-order valence-electron chi connectivity index (χ1n) is 5.27. The van der Waals surface area contributed by atoms with Gasteiger partial charge in [0.1, 0.15) is 6.04 Å². The lowest BCUT2D eigenvalue weighted by Gasteiger charge is -2.42. The van der Waals surface area contributed by atoms with Gasteiger partial charge in [-0.25, -0.2) is 0 Å². The number of carbonyl (C=O) groups excluding carboxylic acids is 1. The van der Waals surface area contributed by atoms with Crippen LogP contribution in [0, 0.1) is 0 Å². The second-order valence-corrected chi connectivity index (χ2v) is 3.96. The van der Waals surface area contributed by atoms with Crippen molar-refractivity contribution in [2.24, 2.45) is 0 Å². The summed E-state index contributed by atoms with van der Waals surface area (Å²) in [4.78, 5) is 16.0. The minimum atomic E-state index is 0.0196. The molecule has 1 amide bonds. The number of rotatable bonds is 3. The van der Waals surface area contributed by atoms with Gasteiger partial charge in [-0.1, -0.05) is 6.92 Å². The average molecular weight is 199 g/mol. The van der Waals surface area contributed by atoms with E-state index < -0.39 is 0 Å². The molecule has 1 heterocycles. The van der Waals surface area contributed by atoms with E-state index in [1.807, 2.05) is 19.0 Å². The fraction of sp³-hybridized carbons (Fsp3) is 0.900. The van der Waals surface area contributed by atoms with Crippen LogP contribution in [-0.4, -0.2) is 61.5 Å². The molecule has 2 unspecified atom stereocenters. The molecule has 4 heteroatoms. The minimum Gasteiger partial charge on any atom is -0.340 e. The molecule has 0 saturated carbocycles. The van der Waals surface area contributed by atoms with Crippen molar-refractivity contribution in [3.8, 4) is 0 Å². The number of nitrogens with zero attached hydrogens (tertiary/aromatic N) is 2. The molecular weight excluding hydrogens is 178 g/mol. The molecule has 1 saturated heterocycles. The first kappa shape index (κ1) is 11.5. The summed E-state index contributed by atoms with van der Waals surface area (Å²) >= 11 is 0. The summed E-state index contributed by atoms with van der Waals surface area (Å²) in [5.74, 6) is 0.236. The van der Waals surface area contributed by atoms with Gasteiger partial charge in [-0.05, 0) is 20.5 Å². The summed E-state index contributed by atoms with van der Waals surface area (Å²) in [6.07, 6.45) is 0. The SMILES string of the molecule is CCN1CC(C)N(C)C(=O)C1CNC. The van der Waals surface area contributed by atoms with Crippen LogP contribution in [0.15, 0.2) is 0 Å². The molecule has 4 nitrogen and oxygen atoms in total. The lowest BCUT2D eigenvalue weighted by Crippen LogP contribution is -2.61. The highest BCUT2D eigenvalue weighted by Crippen LogP contribution is 2.14. The van der Waals surface area contributed by atoms with E-state index in [2.05, 4.69) is 24.1 Å². The van der Waals surface area contributed by atoms with E-state index in [1.165, 1.54) is 0 Å². The molecule has 0 radical (unpaired) electrons. The molecule has 1 rings (SSSR count). The smallest absolute Gasteiger partial charge is 0.241 e.